The lowest BCUT2D eigenvalue weighted by molar-refractivity contribution is 0.102. The van der Waals surface area contributed by atoms with Crippen molar-refractivity contribution in [1.82, 2.24) is 19.1 Å². The molecule has 0 saturated carbocycles. The number of hydrogen-bond donors (Lipinski definition) is 1. The van der Waals surface area contributed by atoms with E-state index in [-0.39, 0.29) is 5.91 Å². The molecule has 0 aliphatic rings. The Labute approximate surface area is 103 Å². The van der Waals surface area contributed by atoms with Gasteiger partial charge in [0.05, 0.1) is 0 Å². The Morgan fingerprint density at radius 2 is 2.29 bits per heavy atom. The molecule has 17 heavy (non-hydrogen) atoms. The molecule has 0 bridgehead atoms. The van der Waals surface area contributed by atoms with Crippen LogP contribution in [0.4, 0.5) is 5.95 Å². The summed E-state index contributed by atoms with van der Waals surface area (Å²) in [7, 11) is 0. The molecule has 0 spiro atoms. The SMILES string of the molecule is CCn1nc(C)nc1NC(=O)c1cc(C)sn1. The number of nitrogens with zero attached hydrogens (tertiary/aromatic N) is 4. The van der Waals surface area contributed by atoms with Gasteiger partial charge in [-0.15, -0.1) is 0 Å². The Morgan fingerprint density at radius 1 is 1.53 bits per heavy atom. The number of anilines is 1. The van der Waals surface area contributed by atoms with Gasteiger partial charge in [0.15, 0.2) is 0 Å². The van der Waals surface area contributed by atoms with Crippen LogP contribution in [0.2, 0.25) is 0 Å². The highest BCUT2D eigenvalue weighted by molar-refractivity contribution is 7.05. The fraction of sp³-hybridized carbons (Fsp3) is 0.400. The smallest absolute Gasteiger partial charge is 0.277 e. The fourth-order valence-corrected chi connectivity index (χ4v) is 1.95. The molecule has 0 unspecified atom stereocenters. The molecule has 0 saturated heterocycles. The quantitative estimate of drug-likeness (QED) is 0.899. The molecule has 0 aliphatic heterocycles. The monoisotopic (exact) mass is 251 g/mol. The minimum Gasteiger partial charge on any atom is -0.289 e. The highest BCUT2D eigenvalue weighted by Gasteiger charge is 2.13. The van der Waals surface area contributed by atoms with Gasteiger partial charge in [0.2, 0.25) is 5.95 Å². The second kappa shape index (κ2) is 4.62. The van der Waals surface area contributed by atoms with E-state index in [1.165, 1.54) is 11.5 Å². The maximum atomic E-state index is 11.9. The van der Waals surface area contributed by atoms with Crippen LogP contribution in [0.25, 0.3) is 0 Å². The van der Waals surface area contributed by atoms with Crippen molar-refractivity contribution in [2.45, 2.75) is 27.3 Å². The number of amides is 1. The van der Waals surface area contributed by atoms with Crippen molar-refractivity contribution in [1.29, 1.82) is 0 Å². The van der Waals surface area contributed by atoms with Crippen LogP contribution in [0.5, 0.6) is 0 Å². The van der Waals surface area contributed by atoms with E-state index in [0.717, 1.165) is 4.88 Å². The third-order valence-electron chi connectivity index (χ3n) is 2.16. The van der Waals surface area contributed by atoms with Crippen molar-refractivity contribution < 1.29 is 4.79 Å². The van der Waals surface area contributed by atoms with Gasteiger partial charge in [0, 0.05) is 11.4 Å². The third-order valence-corrected chi connectivity index (χ3v) is 2.86. The molecule has 6 nitrogen and oxygen atoms in total. The Hall–Kier alpha value is -1.76. The first-order valence-electron chi connectivity index (χ1n) is 5.26. The Kier molecular flexibility index (Phi) is 3.19. The summed E-state index contributed by atoms with van der Waals surface area (Å²) in [6, 6.07) is 1.75. The van der Waals surface area contributed by atoms with Gasteiger partial charge in [-0.25, -0.2) is 4.68 Å². The number of carbonyl (C=O) groups excluding carboxylic acids is 1. The lowest BCUT2D eigenvalue weighted by atomic mass is 10.4. The van der Waals surface area contributed by atoms with Crippen molar-refractivity contribution >= 4 is 23.4 Å². The van der Waals surface area contributed by atoms with Crippen LogP contribution < -0.4 is 5.32 Å². The normalized spacial score (nSPS) is 10.5. The van der Waals surface area contributed by atoms with E-state index < -0.39 is 0 Å². The summed E-state index contributed by atoms with van der Waals surface area (Å²) in [5, 5.41) is 6.86. The molecular weight excluding hydrogens is 238 g/mol. The minimum atomic E-state index is -0.253. The highest BCUT2D eigenvalue weighted by Crippen LogP contribution is 2.11. The Morgan fingerprint density at radius 3 is 2.88 bits per heavy atom. The molecule has 0 radical (unpaired) electrons. The van der Waals surface area contributed by atoms with Crippen molar-refractivity contribution in [3.05, 3.63) is 22.5 Å². The van der Waals surface area contributed by atoms with Gasteiger partial charge in [-0.1, -0.05) is 0 Å². The van der Waals surface area contributed by atoms with Crippen molar-refractivity contribution in [3.8, 4) is 0 Å². The minimum absolute atomic E-state index is 0.253. The number of carbonyl (C=O) groups is 1. The lowest BCUT2D eigenvalue weighted by Gasteiger charge is -2.02. The zero-order valence-electron chi connectivity index (χ0n) is 9.89. The van der Waals surface area contributed by atoms with Crippen molar-refractivity contribution in [3.63, 3.8) is 0 Å². The number of rotatable bonds is 3. The predicted octanol–water partition coefficient (Wildman–Crippen LogP) is 1.62. The van der Waals surface area contributed by atoms with E-state index >= 15 is 0 Å². The van der Waals surface area contributed by atoms with Gasteiger partial charge in [0.1, 0.15) is 11.5 Å². The molecule has 1 amide bonds. The van der Waals surface area contributed by atoms with Crippen LogP contribution in [-0.4, -0.2) is 25.0 Å². The summed E-state index contributed by atoms with van der Waals surface area (Å²) in [4.78, 5) is 17.0. The molecule has 90 valence electrons. The zero-order chi connectivity index (χ0) is 12.4. The molecule has 0 aliphatic carbocycles. The molecule has 1 N–H and O–H groups in total. The number of nitrogens with one attached hydrogen (secondary N) is 1. The van der Waals surface area contributed by atoms with Gasteiger partial charge in [-0.05, 0) is 38.4 Å². The van der Waals surface area contributed by atoms with Crippen LogP contribution >= 0.6 is 11.5 Å². The van der Waals surface area contributed by atoms with E-state index in [0.29, 0.717) is 24.0 Å². The van der Waals surface area contributed by atoms with Crippen LogP contribution in [0.1, 0.15) is 28.1 Å². The summed E-state index contributed by atoms with van der Waals surface area (Å²) >= 11 is 1.30. The number of aryl methyl sites for hydroxylation is 3. The maximum Gasteiger partial charge on any atom is 0.277 e. The summed E-state index contributed by atoms with van der Waals surface area (Å²) in [6.45, 7) is 6.30. The molecule has 2 aromatic heterocycles. The second-order valence-corrected chi connectivity index (χ2v) is 4.58. The topological polar surface area (TPSA) is 72.7 Å². The van der Waals surface area contributed by atoms with Crippen LogP contribution in [0.3, 0.4) is 0 Å². The van der Waals surface area contributed by atoms with Gasteiger partial charge >= 0.3 is 0 Å². The Bertz CT molecular complexity index is 545. The van der Waals surface area contributed by atoms with Crippen LogP contribution in [0, 0.1) is 13.8 Å². The summed E-state index contributed by atoms with van der Waals surface area (Å²) < 4.78 is 5.69. The molecule has 2 heterocycles. The maximum absolute atomic E-state index is 11.9. The van der Waals surface area contributed by atoms with E-state index in [1.807, 2.05) is 13.8 Å². The number of aromatic nitrogens is 4. The summed E-state index contributed by atoms with van der Waals surface area (Å²) in [6.07, 6.45) is 0. The van der Waals surface area contributed by atoms with E-state index in [1.54, 1.807) is 17.7 Å². The molecule has 0 fully saturated rings. The fourth-order valence-electron chi connectivity index (χ4n) is 1.41. The van der Waals surface area contributed by atoms with Gasteiger partial charge in [-0.3, -0.25) is 10.1 Å². The average molecular weight is 251 g/mol. The van der Waals surface area contributed by atoms with E-state index in [2.05, 4.69) is 19.8 Å². The predicted molar refractivity (Wildman–Crippen MR) is 65.2 cm³/mol. The molecule has 2 rings (SSSR count). The zero-order valence-corrected chi connectivity index (χ0v) is 10.7. The molecule has 0 aromatic carbocycles. The standard InChI is InChI=1S/C10H13N5OS/c1-4-15-10(11-7(3)13-15)12-9(16)8-5-6(2)17-14-8/h5H,4H2,1-3H3,(H,11,12,13,16). The molecule has 2 aromatic rings. The summed E-state index contributed by atoms with van der Waals surface area (Å²) in [5.74, 6) is 0.841. The van der Waals surface area contributed by atoms with Crippen molar-refractivity contribution in [2.24, 2.45) is 0 Å². The van der Waals surface area contributed by atoms with Gasteiger partial charge in [-0.2, -0.15) is 14.5 Å². The summed E-state index contributed by atoms with van der Waals surface area (Å²) in [5.41, 5.74) is 0.413. The largest absolute Gasteiger partial charge is 0.289 e. The van der Waals surface area contributed by atoms with E-state index in [4.69, 9.17) is 0 Å². The molecular formula is C10H13N5OS. The highest BCUT2D eigenvalue weighted by atomic mass is 32.1. The first-order valence-corrected chi connectivity index (χ1v) is 6.03. The van der Waals surface area contributed by atoms with Gasteiger partial charge in [0.25, 0.3) is 5.91 Å². The third kappa shape index (κ3) is 2.50. The Balaban J connectivity index is 2.18. The van der Waals surface area contributed by atoms with E-state index in [9.17, 15) is 4.79 Å². The average Bonchev–Trinajstić information content (AvgIpc) is 2.85. The lowest BCUT2D eigenvalue weighted by Crippen LogP contribution is -2.16. The first kappa shape index (κ1) is 11.7. The first-order chi connectivity index (χ1) is 8.10. The van der Waals surface area contributed by atoms with Crippen molar-refractivity contribution in [2.75, 3.05) is 5.32 Å². The van der Waals surface area contributed by atoms with Gasteiger partial charge < -0.3 is 0 Å². The molecule has 0 atom stereocenters. The second-order valence-electron chi connectivity index (χ2n) is 3.58. The van der Waals surface area contributed by atoms with Crippen LogP contribution in [-0.2, 0) is 6.54 Å². The number of hydrogen-bond acceptors (Lipinski definition) is 5. The van der Waals surface area contributed by atoms with Crippen LogP contribution in [0.15, 0.2) is 6.07 Å². The molecule has 7 heteroatoms.